The maximum atomic E-state index is 11.1. The van der Waals surface area contributed by atoms with Gasteiger partial charge in [0.25, 0.3) is 0 Å². The molecule has 106 valence electrons. The molecule has 0 amide bonds. The van der Waals surface area contributed by atoms with Gasteiger partial charge in [-0.2, -0.15) is 4.98 Å². The minimum Gasteiger partial charge on any atom is -0.364 e. The number of anilines is 2. The van der Waals surface area contributed by atoms with E-state index in [-0.39, 0.29) is 16.9 Å². The fraction of sp³-hybridized carbons (Fsp3) is 0.667. The highest BCUT2D eigenvalue weighted by Gasteiger charge is 2.22. The summed E-state index contributed by atoms with van der Waals surface area (Å²) in [7, 11) is 1.68. The van der Waals surface area contributed by atoms with Crippen LogP contribution in [0.5, 0.6) is 0 Å². The van der Waals surface area contributed by atoms with Crippen LogP contribution in [-0.2, 0) is 0 Å². The molecule has 0 aromatic carbocycles. The molecule has 1 aromatic rings. The first kappa shape index (κ1) is 15.1. The Morgan fingerprint density at radius 2 is 1.95 bits per heavy atom. The first-order valence-electron chi connectivity index (χ1n) is 6.19. The van der Waals surface area contributed by atoms with Crippen LogP contribution < -0.4 is 10.6 Å². The number of hydrogen-bond acceptors (Lipinski definition) is 6. The number of aryl methyl sites for hydroxylation is 1. The molecule has 1 aromatic heterocycles. The quantitative estimate of drug-likeness (QED) is 0.629. The molecule has 0 unspecified atom stereocenters. The fourth-order valence-electron chi connectivity index (χ4n) is 1.58. The van der Waals surface area contributed by atoms with Gasteiger partial charge in [0.05, 0.1) is 4.92 Å². The summed E-state index contributed by atoms with van der Waals surface area (Å²) in [6.07, 6.45) is 0.891. The molecule has 1 rings (SSSR count). The van der Waals surface area contributed by atoms with E-state index in [1.54, 1.807) is 14.0 Å². The number of rotatable bonds is 5. The van der Waals surface area contributed by atoms with Gasteiger partial charge in [-0.3, -0.25) is 10.1 Å². The van der Waals surface area contributed by atoms with E-state index in [2.05, 4.69) is 41.4 Å². The predicted octanol–water partition coefficient (Wildman–Crippen LogP) is 2.58. The molecule has 0 aliphatic heterocycles. The molecule has 0 fully saturated rings. The van der Waals surface area contributed by atoms with Crippen molar-refractivity contribution >= 4 is 17.5 Å². The van der Waals surface area contributed by atoms with Gasteiger partial charge in [0.15, 0.2) is 0 Å². The van der Waals surface area contributed by atoms with E-state index in [4.69, 9.17) is 0 Å². The monoisotopic (exact) mass is 267 g/mol. The third-order valence-electron chi connectivity index (χ3n) is 2.63. The average Bonchev–Trinajstić information content (AvgIpc) is 2.25. The van der Waals surface area contributed by atoms with Crippen molar-refractivity contribution in [2.45, 2.75) is 34.1 Å². The molecule has 0 spiro atoms. The van der Waals surface area contributed by atoms with Crippen LogP contribution in [0, 0.1) is 22.5 Å². The number of hydrogen-bond donors (Lipinski definition) is 2. The molecule has 0 aliphatic carbocycles. The second-order valence-electron chi connectivity index (χ2n) is 5.57. The van der Waals surface area contributed by atoms with Crippen LogP contribution in [0.2, 0.25) is 0 Å². The average molecular weight is 267 g/mol. The second-order valence-corrected chi connectivity index (χ2v) is 5.57. The van der Waals surface area contributed by atoms with Gasteiger partial charge in [-0.1, -0.05) is 20.8 Å². The summed E-state index contributed by atoms with van der Waals surface area (Å²) in [4.78, 5) is 18.8. The SMILES string of the molecule is CNc1nc(C)c([N+](=O)[O-])c(NCCC(C)(C)C)n1. The van der Waals surface area contributed by atoms with Crippen LogP contribution in [0.4, 0.5) is 17.5 Å². The van der Waals surface area contributed by atoms with Crippen LogP contribution in [0.15, 0.2) is 0 Å². The van der Waals surface area contributed by atoms with Gasteiger partial charge in [-0.25, -0.2) is 4.98 Å². The lowest BCUT2D eigenvalue weighted by Gasteiger charge is -2.18. The van der Waals surface area contributed by atoms with Gasteiger partial charge in [0.2, 0.25) is 11.8 Å². The number of nitrogens with one attached hydrogen (secondary N) is 2. The maximum absolute atomic E-state index is 11.1. The Balaban J connectivity index is 2.96. The Labute approximate surface area is 113 Å². The summed E-state index contributed by atoms with van der Waals surface area (Å²) in [6.45, 7) is 8.59. The molecule has 0 aliphatic rings. The standard InChI is InChI=1S/C12H21N5O2/c1-8-9(17(18)19)10(16-11(13-5)15-8)14-7-6-12(2,3)4/h6-7H2,1-5H3,(H2,13,14,15,16). The lowest BCUT2D eigenvalue weighted by Crippen LogP contribution is -2.15. The predicted molar refractivity (Wildman–Crippen MR) is 75.5 cm³/mol. The number of aromatic nitrogens is 2. The van der Waals surface area contributed by atoms with Gasteiger partial charge in [0, 0.05) is 13.6 Å². The summed E-state index contributed by atoms with van der Waals surface area (Å²) in [5.41, 5.74) is 0.450. The number of nitrogens with zero attached hydrogens (tertiary/aromatic N) is 3. The molecule has 0 radical (unpaired) electrons. The Morgan fingerprint density at radius 3 is 2.42 bits per heavy atom. The van der Waals surface area contributed by atoms with Crippen molar-refractivity contribution in [3.8, 4) is 0 Å². The topological polar surface area (TPSA) is 93.0 Å². The lowest BCUT2D eigenvalue weighted by atomic mass is 9.92. The molecule has 0 atom stereocenters. The summed E-state index contributed by atoms with van der Waals surface area (Å²) in [5.74, 6) is 0.646. The molecule has 2 N–H and O–H groups in total. The first-order valence-corrected chi connectivity index (χ1v) is 6.19. The largest absolute Gasteiger partial charge is 0.364 e. The summed E-state index contributed by atoms with van der Waals surface area (Å²) in [6, 6.07) is 0. The van der Waals surface area contributed by atoms with E-state index in [1.807, 2.05) is 0 Å². The molecule has 0 saturated heterocycles. The van der Waals surface area contributed by atoms with Crippen molar-refractivity contribution < 1.29 is 4.92 Å². The normalized spacial score (nSPS) is 11.2. The maximum Gasteiger partial charge on any atom is 0.332 e. The Morgan fingerprint density at radius 1 is 1.32 bits per heavy atom. The molecule has 7 heteroatoms. The lowest BCUT2D eigenvalue weighted by molar-refractivity contribution is -0.385. The zero-order valence-electron chi connectivity index (χ0n) is 12.1. The van der Waals surface area contributed by atoms with Crippen molar-refractivity contribution in [2.75, 3.05) is 24.2 Å². The Hall–Kier alpha value is -1.92. The van der Waals surface area contributed by atoms with Crippen molar-refractivity contribution in [3.63, 3.8) is 0 Å². The minimum absolute atomic E-state index is 0.0621. The van der Waals surface area contributed by atoms with Crippen molar-refractivity contribution in [1.82, 2.24) is 9.97 Å². The van der Waals surface area contributed by atoms with E-state index >= 15 is 0 Å². The van der Waals surface area contributed by atoms with Gasteiger partial charge in [-0.05, 0) is 18.8 Å². The Kier molecular flexibility index (Phi) is 4.63. The highest BCUT2D eigenvalue weighted by molar-refractivity contribution is 5.60. The van der Waals surface area contributed by atoms with Gasteiger partial charge < -0.3 is 10.6 Å². The van der Waals surface area contributed by atoms with E-state index in [0.717, 1.165) is 6.42 Å². The van der Waals surface area contributed by atoms with E-state index in [9.17, 15) is 10.1 Å². The Bertz CT molecular complexity index is 468. The number of nitro groups is 1. The van der Waals surface area contributed by atoms with Crippen LogP contribution in [0.1, 0.15) is 32.9 Å². The summed E-state index contributed by atoms with van der Waals surface area (Å²) >= 11 is 0. The fourth-order valence-corrected chi connectivity index (χ4v) is 1.58. The second kappa shape index (κ2) is 5.81. The highest BCUT2D eigenvalue weighted by Crippen LogP contribution is 2.27. The van der Waals surface area contributed by atoms with Crippen molar-refractivity contribution in [3.05, 3.63) is 15.8 Å². The van der Waals surface area contributed by atoms with Gasteiger partial charge in [0.1, 0.15) is 5.69 Å². The van der Waals surface area contributed by atoms with Gasteiger partial charge in [-0.15, -0.1) is 0 Å². The molecule has 7 nitrogen and oxygen atoms in total. The van der Waals surface area contributed by atoms with Gasteiger partial charge >= 0.3 is 5.69 Å². The van der Waals surface area contributed by atoms with E-state index in [0.29, 0.717) is 18.2 Å². The molecule has 0 saturated carbocycles. The molecular formula is C12H21N5O2. The van der Waals surface area contributed by atoms with Crippen LogP contribution in [0.25, 0.3) is 0 Å². The molecule has 0 bridgehead atoms. The zero-order chi connectivity index (χ0) is 14.6. The summed E-state index contributed by atoms with van der Waals surface area (Å²) < 4.78 is 0. The van der Waals surface area contributed by atoms with Crippen molar-refractivity contribution in [1.29, 1.82) is 0 Å². The third kappa shape index (κ3) is 4.35. The molecule has 19 heavy (non-hydrogen) atoms. The summed E-state index contributed by atoms with van der Waals surface area (Å²) in [5, 5.41) is 16.9. The van der Waals surface area contributed by atoms with E-state index in [1.165, 1.54) is 0 Å². The molecule has 1 heterocycles. The zero-order valence-corrected chi connectivity index (χ0v) is 12.1. The van der Waals surface area contributed by atoms with Crippen LogP contribution in [-0.4, -0.2) is 28.5 Å². The smallest absolute Gasteiger partial charge is 0.332 e. The minimum atomic E-state index is -0.450. The van der Waals surface area contributed by atoms with Crippen LogP contribution >= 0.6 is 0 Å². The third-order valence-corrected chi connectivity index (χ3v) is 2.63. The first-order chi connectivity index (χ1) is 8.74. The van der Waals surface area contributed by atoms with Crippen LogP contribution in [0.3, 0.4) is 0 Å². The van der Waals surface area contributed by atoms with E-state index < -0.39 is 4.92 Å². The molecular weight excluding hydrogens is 246 g/mol. The highest BCUT2D eigenvalue weighted by atomic mass is 16.6. The van der Waals surface area contributed by atoms with Crippen molar-refractivity contribution in [2.24, 2.45) is 5.41 Å².